The van der Waals surface area contributed by atoms with Crippen LogP contribution in [0.3, 0.4) is 0 Å². The van der Waals surface area contributed by atoms with E-state index in [1.807, 2.05) is 11.8 Å². The highest BCUT2D eigenvalue weighted by Crippen LogP contribution is 2.30. The number of para-hydroxylation sites is 1. The molecule has 1 heterocycles. The Labute approximate surface area is 165 Å². The van der Waals surface area contributed by atoms with Crippen molar-refractivity contribution in [1.82, 2.24) is 15.2 Å². The van der Waals surface area contributed by atoms with Crippen LogP contribution < -0.4 is 10.1 Å². The van der Waals surface area contributed by atoms with E-state index in [0.717, 1.165) is 16.7 Å². The first-order valence-electron chi connectivity index (χ1n) is 8.69. The lowest BCUT2D eigenvalue weighted by Crippen LogP contribution is -2.41. The van der Waals surface area contributed by atoms with Gasteiger partial charge < -0.3 is 15.0 Å². The highest BCUT2D eigenvalue weighted by molar-refractivity contribution is 7.09. The molecule has 2 rings (SSSR count). The van der Waals surface area contributed by atoms with Crippen LogP contribution in [-0.4, -0.2) is 49.1 Å². The maximum Gasteiger partial charge on any atom is 0.434 e. The van der Waals surface area contributed by atoms with Crippen LogP contribution in [-0.2, 0) is 12.6 Å². The Bertz CT molecular complexity index is 779. The van der Waals surface area contributed by atoms with Crippen molar-refractivity contribution in [1.29, 1.82) is 0 Å². The summed E-state index contributed by atoms with van der Waals surface area (Å²) in [5.74, 6) is 0.349. The summed E-state index contributed by atoms with van der Waals surface area (Å²) in [7, 11) is 1.80. The molecule has 0 radical (unpaired) electrons. The van der Waals surface area contributed by atoms with Gasteiger partial charge in [-0.3, -0.25) is 4.99 Å². The van der Waals surface area contributed by atoms with Crippen molar-refractivity contribution in [3.05, 3.63) is 46.2 Å². The molecule has 1 aromatic carbocycles. The SMILES string of the molecule is CCNC(=NCCc1nc(C(F)(F)F)cs1)N(C)CCOc1ccccc1F. The lowest BCUT2D eigenvalue weighted by molar-refractivity contribution is -0.140. The fourth-order valence-electron chi connectivity index (χ4n) is 2.24. The summed E-state index contributed by atoms with van der Waals surface area (Å²) in [5, 5.41) is 4.50. The number of hydrogen-bond donors (Lipinski definition) is 1. The Balaban J connectivity index is 1.86. The number of nitrogens with one attached hydrogen (secondary N) is 1. The number of ether oxygens (including phenoxy) is 1. The second-order valence-corrected chi connectivity index (χ2v) is 6.75. The Hall–Kier alpha value is -2.36. The van der Waals surface area contributed by atoms with Crippen molar-refractivity contribution in [3.8, 4) is 5.75 Å². The number of rotatable bonds is 8. The number of benzene rings is 1. The van der Waals surface area contributed by atoms with Gasteiger partial charge in [-0.1, -0.05) is 12.1 Å². The molecule has 0 spiro atoms. The average Bonchev–Trinajstić information content (AvgIpc) is 3.12. The quantitative estimate of drug-likeness (QED) is 0.402. The van der Waals surface area contributed by atoms with Crippen LogP contribution in [0.2, 0.25) is 0 Å². The molecule has 1 aromatic heterocycles. The van der Waals surface area contributed by atoms with Gasteiger partial charge in [0.05, 0.1) is 11.6 Å². The van der Waals surface area contributed by atoms with Crippen LogP contribution >= 0.6 is 11.3 Å². The largest absolute Gasteiger partial charge is 0.489 e. The summed E-state index contributed by atoms with van der Waals surface area (Å²) >= 11 is 0.973. The van der Waals surface area contributed by atoms with Crippen LogP contribution in [0.1, 0.15) is 17.6 Å². The van der Waals surface area contributed by atoms with E-state index in [0.29, 0.717) is 37.0 Å². The van der Waals surface area contributed by atoms with Crippen molar-refractivity contribution in [2.75, 3.05) is 33.3 Å². The molecular formula is C18H22F4N4OS. The first-order valence-corrected chi connectivity index (χ1v) is 9.57. The van der Waals surface area contributed by atoms with Crippen molar-refractivity contribution in [2.24, 2.45) is 4.99 Å². The summed E-state index contributed by atoms with van der Waals surface area (Å²) in [4.78, 5) is 9.82. The molecule has 0 bridgehead atoms. The van der Waals surface area contributed by atoms with Gasteiger partial charge in [-0.2, -0.15) is 13.2 Å². The predicted octanol–water partition coefficient (Wildman–Crippen LogP) is 3.82. The summed E-state index contributed by atoms with van der Waals surface area (Å²) < 4.78 is 56.7. The molecule has 0 atom stereocenters. The monoisotopic (exact) mass is 418 g/mol. The van der Waals surface area contributed by atoms with Crippen molar-refractivity contribution in [2.45, 2.75) is 19.5 Å². The number of aromatic nitrogens is 1. The van der Waals surface area contributed by atoms with Gasteiger partial charge >= 0.3 is 6.18 Å². The third kappa shape index (κ3) is 6.66. The molecule has 1 N–H and O–H groups in total. The molecule has 0 saturated carbocycles. The number of halogens is 4. The van der Waals surface area contributed by atoms with Gasteiger partial charge in [-0.05, 0) is 19.1 Å². The zero-order chi connectivity index (χ0) is 20.6. The third-order valence-electron chi connectivity index (χ3n) is 3.65. The van der Waals surface area contributed by atoms with E-state index in [9.17, 15) is 17.6 Å². The van der Waals surface area contributed by atoms with E-state index in [1.54, 1.807) is 25.2 Å². The van der Waals surface area contributed by atoms with E-state index in [4.69, 9.17) is 4.74 Å². The van der Waals surface area contributed by atoms with Gasteiger partial charge in [-0.15, -0.1) is 11.3 Å². The first kappa shape index (κ1) is 21.9. The molecule has 0 unspecified atom stereocenters. The minimum Gasteiger partial charge on any atom is -0.489 e. The summed E-state index contributed by atoms with van der Waals surface area (Å²) in [6, 6.07) is 6.16. The molecule has 0 aliphatic carbocycles. The van der Waals surface area contributed by atoms with E-state index in [2.05, 4.69) is 15.3 Å². The lowest BCUT2D eigenvalue weighted by atomic mass is 10.3. The fourth-order valence-corrected chi connectivity index (χ4v) is 3.04. The zero-order valence-corrected chi connectivity index (χ0v) is 16.4. The Morgan fingerprint density at radius 3 is 2.71 bits per heavy atom. The lowest BCUT2D eigenvalue weighted by Gasteiger charge is -2.22. The normalized spacial score (nSPS) is 12.1. The van der Waals surface area contributed by atoms with Crippen LogP contribution in [0.15, 0.2) is 34.6 Å². The van der Waals surface area contributed by atoms with Crippen LogP contribution in [0.25, 0.3) is 0 Å². The van der Waals surface area contributed by atoms with Gasteiger partial charge in [-0.25, -0.2) is 9.37 Å². The van der Waals surface area contributed by atoms with Gasteiger partial charge in [0.1, 0.15) is 6.61 Å². The summed E-state index contributed by atoms with van der Waals surface area (Å²) in [5.41, 5.74) is -0.870. The summed E-state index contributed by atoms with van der Waals surface area (Å²) in [6.07, 6.45) is -4.11. The Morgan fingerprint density at radius 1 is 1.32 bits per heavy atom. The van der Waals surface area contributed by atoms with Crippen LogP contribution in [0.5, 0.6) is 5.75 Å². The molecule has 2 aromatic rings. The number of hydrogen-bond acceptors (Lipinski definition) is 4. The topological polar surface area (TPSA) is 49.8 Å². The Morgan fingerprint density at radius 2 is 2.07 bits per heavy atom. The highest BCUT2D eigenvalue weighted by atomic mass is 32.1. The molecular weight excluding hydrogens is 396 g/mol. The highest BCUT2D eigenvalue weighted by Gasteiger charge is 2.33. The molecule has 0 aliphatic heterocycles. The van der Waals surface area contributed by atoms with E-state index >= 15 is 0 Å². The van der Waals surface area contributed by atoms with E-state index in [-0.39, 0.29) is 12.4 Å². The molecule has 0 fully saturated rings. The smallest absolute Gasteiger partial charge is 0.434 e. The maximum atomic E-state index is 13.5. The van der Waals surface area contributed by atoms with Gasteiger partial charge in [0.25, 0.3) is 0 Å². The number of alkyl halides is 3. The fraction of sp³-hybridized carbons (Fsp3) is 0.444. The number of aliphatic imine (C=N–C) groups is 1. The predicted molar refractivity (Wildman–Crippen MR) is 101 cm³/mol. The second kappa shape index (κ2) is 10.3. The third-order valence-corrected chi connectivity index (χ3v) is 4.56. The zero-order valence-electron chi connectivity index (χ0n) is 15.6. The molecule has 154 valence electrons. The van der Waals surface area contributed by atoms with E-state index < -0.39 is 17.7 Å². The molecule has 0 saturated heterocycles. The standard InChI is InChI=1S/C18H22F4N4OS/c1-3-23-17(24-9-8-16-25-15(12-28-16)18(20,21)22)26(2)10-11-27-14-7-5-4-6-13(14)19/h4-7,12H,3,8-11H2,1-2H3,(H,23,24). The van der Waals surface area contributed by atoms with Crippen LogP contribution in [0.4, 0.5) is 17.6 Å². The van der Waals surface area contributed by atoms with Gasteiger partial charge in [0, 0.05) is 31.9 Å². The molecule has 28 heavy (non-hydrogen) atoms. The number of guanidine groups is 1. The first-order chi connectivity index (χ1) is 13.3. The minimum absolute atomic E-state index is 0.182. The average molecular weight is 418 g/mol. The number of thiazole rings is 1. The van der Waals surface area contributed by atoms with Gasteiger partial charge in [0.2, 0.25) is 0 Å². The molecule has 10 heteroatoms. The molecule has 5 nitrogen and oxygen atoms in total. The van der Waals surface area contributed by atoms with Crippen molar-refractivity contribution < 1.29 is 22.3 Å². The minimum atomic E-state index is -4.43. The summed E-state index contributed by atoms with van der Waals surface area (Å²) in [6.45, 7) is 3.55. The number of nitrogens with zero attached hydrogens (tertiary/aromatic N) is 3. The number of likely N-dealkylation sites (N-methyl/N-ethyl adjacent to an activating group) is 1. The molecule has 0 amide bonds. The molecule has 0 aliphatic rings. The van der Waals surface area contributed by atoms with Crippen LogP contribution in [0, 0.1) is 5.82 Å². The van der Waals surface area contributed by atoms with E-state index in [1.165, 1.54) is 6.07 Å². The van der Waals surface area contributed by atoms with Crippen molar-refractivity contribution in [3.63, 3.8) is 0 Å². The Kier molecular flexibility index (Phi) is 8.04. The maximum absolute atomic E-state index is 13.5. The second-order valence-electron chi connectivity index (χ2n) is 5.81. The van der Waals surface area contributed by atoms with Gasteiger partial charge in [0.15, 0.2) is 23.2 Å². The van der Waals surface area contributed by atoms with Crippen molar-refractivity contribution >= 4 is 17.3 Å².